The Kier molecular flexibility index (Phi) is 3.51. The molecule has 0 aliphatic heterocycles. The second kappa shape index (κ2) is 4.36. The summed E-state index contributed by atoms with van der Waals surface area (Å²) in [5.74, 6) is 0.651. The van der Waals surface area contributed by atoms with Crippen molar-refractivity contribution in [3.8, 4) is 11.5 Å². The monoisotopic (exact) mass is 222 g/mol. The normalized spacial score (nSPS) is 11.5. The third kappa shape index (κ3) is 1.89. The van der Waals surface area contributed by atoms with Crippen molar-refractivity contribution >= 4 is 0 Å². The van der Waals surface area contributed by atoms with Gasteiger partial charge in [0.1, 0.15) is 0 Å². The lowest BCUT2D eigenvalue weighted by Gasteiger charge is -2.23. The van der Waals surface area contributed by atoms with Gasteiger partial charge in [0.15, 0.2) is 11.5 Å². The number of phenolic OH excluding ortho intramolecular Hbond substituents is 2. The van der Waals surface area contributed by atoms with E-state index in [-0.39, 0.29) is 17.4 Å². The highest BCUT2D eigenvalue weighted by atomic mass is 16.3. The molecule has 90 valence electrons. The summed E-state index contributed by atoms with van der Waals surface area (Å²) in [6, 6.07) is 0. The summed E-state index contributed by atoms with van der Waals surface area (Å²) < 4.78 is 0. The van der Waals surface area contributed by atoms with Gasteiger partial charge in [-0.15, -0.1) is 0 Å². The molecule has 2 N–H and O–H groups in total. The molecule has 0 unspecified atom stereocenters. The Bertz CT molecular complexity index is 365. The van der Waals surface area contributed by atoms with Gasteiger partial charge in [0, 0.05) is 5.56 Å². The summed E-state index contributed by atoms with van der Waals surface area (Å²) in [4.78, 5) is 0. The van der Waals surface area contributed by atoms with E-state index in [0.717, 1.165) is 16.7 Å². The first-order valence-corrected chi connectivity index (χ1v) is 5.83. The van der Waals surface area contributed by atoms with Crippen molar-refractivity contribution in [2.24, 2.45) is 0 Å². The van der Waals surface area contributed by atoms with E-state index in [9.17, 15) is 10.2 Å². The maximum absolute atomic E-state index is 10.1. The number of hydrogen-bond donors (Lipinski definition) is 2. The Labute approximate surface area is 97.9 Å². The van der Waals surface area contributed by atoms with Crippen LogP contribution in [0.1, 0.15) is 61.8 Å². The van der Waals surface area contributed by atoms with Crippen LogP contribution < -0.4 is 0 Å². The number of benzene rings is 1. The maximum Gasteiger partial charge on any atom is 0.161 e. The Morgan fingerprint density at radius 3 is 1.50 bits per heavy atom. The quantitative estimate of drug-likeness (QED) is 0.743. The summed E-state index contributed by atoms with van der Waals surface area (Å²) in [6.45, 7) is 12.2. The number of aromatic hydroxyl groups is 2. The molecule has 2 nitrogen and oxygen atoms in total. The summed E-state index contributed by atoms with van der Waals surface area (Å²) in [6.07, 6.45) is 0. The Hall–Kier alpha value is -1.18. The van der Waals surface area contributed by atoms with Gasteiger partial charge in [-0.2, -0.15) is 0 Å². The molecule has 0 saturated carbocycles. The molecule has 0 heterocycles. The van der Waals surface area contributed by atoms with E-state index >= 15 is 0 Å². The zero-order chi connectivity index (χ0) is 12.6. The topological polar surface area (TPSA) is 40.5 Å². The fraction of sp³-hybridized carbons (Fsp3) is 0.571. The molecule has 2 heteroatoms. The number of hydrogen-bond acceptors (Lipinski definition) is 2. The Balaban J connectivity index is 3.69. The largest absolute Gasteiger partial charge is 0.504 e. The van der Waals surface area contributed by atoms with Crippen molar-refractivity contribution in [2.75, 3.05) is 0 Å². The van der Waals surface area contributed by atoms with Gasteiger partial charge in [0.2, 0.25) is 0 Å². The lowest BCUT2D eigenvalue weighted by Crippen LogP contribution is -2.04. The average molecular weight is 222 g/mol. The van der Waals surface area contributed by atoms with E-state index in [1.54, 1.807) is 0 Å². The van der Waals surface area contributed by atoms with Crippen molar-refractivity contribution < 1.29 is 10.2 Å². The van der Waals surface area contributed by atoms with E-state index in [2.05, 4.69) is 13.8 Å². The molecule has 0 bridgehead atoms. The van der Waals surface area contributed by atoms with Crippen LogP contribution in [-0.2, 0) is 0 Å². The van der Waals surface area contributed by atoms with Crippen LogP contribution in [0.4, 0.5) is 0 Å². The van der Waals surface area contributed by atoms with Crippen molar-refractivity contribution in [1.29, 1.82) is 0 Å². The van der Waals surface area contributed by atoms with Crippen LogP contribution in [0.15, 0.2) is 0 Å². The molecule has 1 aromatic rings. The van der Waals surface area contributed by atoms with Gasteiger partial charge >= 0.3 is 0 Å². The van der Waals surface area contributed by atoms with Crippen LogP contribution in [0.5, 0.6) is 11.5 Å². The van der Waals surface area contributed by atoms with Crippen LogP contribution in [0.3, 0.4) is 0 Å². The molecule has 0 radical (unpaired) electrons. The summed E-state index contributed by atoms with van der Waals surface area (Å²) in [7, 11) is 0. The van der Waals surface area contributed by atoms with Gasteiger partial charge in [-0.3, -0.25) is 0 Å². The lowest BCUT2D eigenvalue weighted by molar-refractivity contribution is 0.393. The number of phenols is 2. The SMILES string of the molecule is Cc1c(C)c(C(C)C)c(C(C)C)c(O)c1O. The Morgan fingerprint density at radius 1 is 0.688 bits per heavy atom. The molecule has 0 fully saturated rings. The van der Waals surface area contributed by atoms with Crippen molar-refractivity contribution in [2.45, 2.75) is 53.4 Å². The molecular formula is C14H22O2. The van der Waals surface area contributed by atoms with E-state index in [1.165, 1.54) is 5.56 Å². The molecule has 1 rings (SSSR count). The smallest absolute Gasteiger partial charge is 0.161 e. The molecule has 0 spiro atoms. The zero-order valence-electron chi connectivity index (χ0n) is 11.0. The van der Waals surface area contributed by atoms with E-state index in [4.69, 9.17) is 0 Å². The van der Waals surface area contributed by atoms with E-state index in [1.807, 2.05) is 27.7 Å². The van der Waals surface area contributed by atoms with Crippen LogP contribution >= 0.6 is 0 Å². The molecule has 0 amide bonds. The van der Waals surface area contributed by atoms with Gasteiger partial charge < -0.3 is 10.2 Å². The first kappa shape index (κ1) is 12.9. The van der Waals surface area contributed by atoms with Gasteiger partial charge in [0.05, 0.1) is 0 Å². The third-order valence-corrected chi connectivity index (χ3v) is 3.25. The van der Waals surface area contributed by atoms with Crippen LogP contribution in [0, 0.1) is 13.8 Å². The van der Waals surface area contributed by atoms with Crippen LogP contribution in [0.2, 0.25) is 0 Å². The molecule has 0 aliphatic carbocycles. The van der Waals surface area contributed by atoms with Crippen LogP contribution in [-0.4, -0.2) is 10.2 Å². The highest BCUT2D eigenvalue weighted by Crippen LogP contribution is 2.43. The van der Waals surface area contributed by atoms with E-state index < -0.39 is 0 Å². The molecule has 16 heavy (non-hydrogen) atoms. The molecule has 0 aromatic heterocycles. The minimum atomic E-state index is 0.0330. The summed E-state index contributed by atoms with van der Waals surface area (Å²) in [5, 5.41) is 19.9. The molecule has 0 saturated heterocycles. The fourth-order valence-corrected chi connectivity index (χ4v) is 2.34. The van der Waals surface area contributed by atoms with Crippen molar-refractivity contribution in [3.63, 3.8) is 0 Å². The summed E-state index contributed by atoms with van der Waals surface area (Å²) >= 11 is 0. The van der Waals surface area contributed by atoms with Gasteiger partial charge in [0.25, 0.3) is 0 Å². The summed E-state index contributed by atoms with van der Waals surface area (Å²) in [5.41, 5.74) is 3.93. The first-order valence-electron chi connectivity index (χ1n) is 5.83. The third-order valence-electron chi connectivity index (χ3n) is 3.25. The second-order valence-electron chi connectivity index (χ2n) is 5.08. The molecular weight excluding hydrogens is 200 g/mol. The minimum Gasteiger partial charge on any atom is -0.504 e. The minimum absolute atomic E-state index is 0.0330. The highest BCUT2D eigenvalue weighted by Gasteiger charge is 2.22. The Morgan fingerprint density at radius 2 is 1.12 bits per heavy atom. The van der Waals surface area contributed by atoms with Gasteiger partial charge in [-0.25, -0.2) is 0 Å². The fourth-order valence-electron chi connectivity index (χ4n) is 2.34. The van der Waals surface area contributed by atoms with Crippen molar-refractivity contribution in [3.05, 3.63) is 22.3 Å². The highest BCUT2D eigenvalue weighted by molar-refractivity contribution is 5.59. The van der Waals surface area contributed by atoms with E-state index in [0.29, 0.717) is 5.92 Å². The predicted octanol–water partition coefficient (Wildman–Crippen LogP) is 3.96. The molecule has 0 aliphatic rings. The van der Waals surface area contributed by atoms with Crippen LogP contribution in [0.25, 0.3) is 0 Å². The zero-order valence-corrected chi connectivity index (χ0v) is 11.0. The lowest BCUT2D eigenvalue weighted by atomic mass is 9.84. The van der Waals surface area contributed by atoms with Gasteiger partial charge in [-0.1, -0.05) is 27.7 Å². The first-order chi connectivity index (χ1) is 7.29. The average Bonchev–Trinajstić information content (AvgIpc) is 2.18. The molecule has 1 aromatic carbocycles. The molecule has 0 atom stereocenters. The predicted molar refractivity (Wildman–Crippen MR) is 67.4 cm³/mol. The number of rotatable bonds is 2. The van der Waals surface area contributed by atoms with Gasteiger partial charge in [-0.05, 0) is 42.4 Å². The maximum atomic E-state index is 10.1. The standard InChI is InChI=1S/C14H22O2/c1-7(2)11-9(5)10(6)13(15)14(16)12(11)8(3)4/h7-8,15-16H,1-6H3. The van der Waals surface area contributed by atoms with Crippen molar-refractivity contribution in [1.82, 2.24) is 0 Å². The second-order valence-corrected chi connectivity index (χ2v) is 5.08.